The molecule has 2 aliphatic carbocycles. The topological polar surface area (TPSA) is 0 Å². The van der Waals surface area contributed by atoms with Gasteiger partial charge in [-0.15, -0.1) is 23.3 Å². The van der Waals surface area contributed by atoms with Crippen LogP contribution in [0.3, 0.4) is 0 Å². The van der Waals surface area contributed by atoms with Gasteiger partial charge in [-0.3, -0.25) is 0 Å². The molecule has 0 saturated heterocycles. The Bertz CT molecular complexity index is 683. The molecule has 1 unspecified atom stereocenters. The molecule has 0 heterocycles. The van der Waals surface area contributed by atoms with Crippen molar-refractivity contribution in [2.45, 2.75) is 11.8 Å². The monoisotopic (exact) mass is 482 g/mol. The van der Waals surface area contributed by atoms with Crippen molar-refractivity contribution in [3.63, 3.8) is 0 Å². The molecule has 4 rings (SSSR count). The molecule has 4 heteroatoms. The first kappa shape index (κ1) is 22.7. The van der Waals surface area contributed by atoms with Crippen LogP contribution in [-0.2, 0) is 26.2 Å². The largest absolute Gasteiger partial charge is 4.00 e. The second-order valence-electron chi connectivity index (χ2n) is 4.92. The summed E-state index contributed by atoms with van der Waals surface area (Å²) in [6.07, 6.45) is 7.81. The average molecular weight is 485 g/mol. The molecule has 0 fully saturated rings. The number of hydrogen-bond donors (Lipinski definition) is 0. The number of allylic oxidation sites excluding steroid dienone is 5. The van der Waals surface area contributed by atoms with Crippen molar-refractivity contribution in [3.8, 4) is 0 Å². The smallest absolute Gasteiger partial charge is 1.00 e. The van der Waals surface area contributed by atoms with Crippen LogP contribution in [0, 0.1) is 6.08 Å². The molecule has 0 saturated carbocycles. The van der Waals surface area contributed by atoms with Crippen LogP contribution in [-0.4, -0.2) is 0 Å². The summed E-state index contributed by atoms with van der Waals surface area (Å²) >= 11 is 3.76. The van der Waals surface area contributed by atoms with Crippen molar-refractivity contribution in [1.82, 2.24) is 0 Å². The third-order valence-corrected chi connectivity index (χ3v) is 4.40. The van der Waals surface area contributed by atoms with Gasteiger partial charge < -0.3 is 24.8 Å². The fraction of sp³-hybridized carbons (Fsp3) is 0.105. The SMILES string of the molecule is CC1=[C-]C2=Cc3ccccc3C(Br)C2=C1.[Cl-].[Cl-].[Zr+4].c1cc[cH-]c1. The third kappa shape index (κ3) is 5.36. The number of hydrogen-bond acceptors (Lipinski definition) is 0. The van der Waals surface area contributed by atoms with E-state index < -0.39 is 0 Å². The van der Waals surface area contributed by atoms with E-state index in [1.807, 2.05) is 30.3 Å². The zero-order valence-electron chi connectivity index (χ0n) is 12.6. The van der Waals surface area contributed by atoms with Gasteiger partial charge in [0.05, 0.1) is 0 Å². The van der Waals surface area contributed by atoms with Crippen LogP contribution < -0.4 is 24.8 Å². The second kappa shape index (κ2) is 10.6. The molecule has 0 amide bonds. The fourth-order valence-corrected chi connectivity index (χ4v) is 3.27. The first-order chi connectivity index (χ1) is 9.75. The molecule has 2 aliphatic rings. The summed E-state index contributed by atoms with van der Waals surface area (Å²) < 4.78 is 0. The second-order valence-corrected chi connectivity index (χ2v) is 5.84. The molecule has 116 valence electrons. The van der Waals surface area contributed by atoms with Crippen molar-refractivity contribution in [2.24, 2.45) is 0 Å². The Morgan fingerprint density at radius 3 is 2.26 bits per heavy atom. The molecular weight excluding hydrogens is 470 g/mol. The summed E-state index contributed by atoms with van der Waals surface area (Å²) in [5.74, 6) is 0. The van der Waals surface area contributed by atoms with Gasteiger partial charge in [-0.05, 0) is 5.56 Å². The molecule has 0 aromatic heterocycles. The molecule has 0 N–H and O–H groups in total. The molecular formula is C19H15BrCl2Zr. The Labute approximate surface area is 178 Å². The summed E-state index contributed by atoms with van der Waals surface area (Å²) in [7, 11) is 0. The Kier molecular flexibility index (Phi) is 10.4. The van der Waals surface area contributed by atoms with Crippen LogP contribution in [0.2, 0.25) is 0 Å². The van der Waals surface area contributed by atoms with Crippen molar-refractivity contribution in [1.29, 1.82) is 0 Å². The van der Waals surface area contributed by atoms with Gasteiger partial charge >= 0.3 is 26.2 Å². The number of halogens is 3. The van der Waals surface area contributed by atoms with E-state index in [4.69, 9.17) is 0 Å². The predicted octanol–water partition coefficient (Wildman–Crippen LogP) is -0.380. The van der Waals surface area contributed by atoms with Gasteiger partial charge in [-0.2, -0.15) is 29.8 Å². The molecule has 1 atom stereocenters. The van der Waals surface area contributed by atoms with E-state index in [1.54, 1.807) is 0 Å². The molecule has 2 aromatic rings. The minimum Gasteiger partial charge on any atom is -1.00 e. The summed E-state index contributed by atoms with van der Waals surface area (Å²) in [5, 5.41) is 0. The zero-order chi connectivity index (χ0) is 13.9. The van der Waals surface area contributed by atoms with Gasteiger partial charge in [-0.1, -0.05) is 52.7 Å². The number of rotatable bonds is 0. The molecule has 0 nitrogen and oxygen atoms in total. The zero-order valence-corrected chi connectivity index (χ0v) is 18.1. The molecule has 0 spiro atoms. The van der Waals surface area contributed by atoms with E-state index in [0.29, 0.717) is 4.83 Å². The van der Waals surface area contributed by atoms with Gasteiger partial charge in [0, 0.05) is 4.83 Å². The van der Waals surface area contributed by atoms with E-state index >= 15 is 0 Å². The maximum atomic E-state index is 3.76. The first-order valence-electron chi connectivity index (χ1n) is 6.69. The fourth-order valence-electron chi connectivity index (χ4n) is 2.48. The Hall–Kier alpha value is -0.267. The third-order valence-electron chi connectivity index (χ3n) is 3.41. The predicted molar refractivity (Wildman–Crippen MR) is 88.6 cm³/mol. The summed E-state index contributed by atoms with van der Waals surface area (Å²) in [6, 6.07) is 18.5. The quantitative estimate of drug-likeness (QED) is 0.353. The minimum absolute atomic E-state index is 0. The maximum Gasteiger partial charge on any atom is 4.00 e. The van der Waals surface area contributed by atoms with Crippen LogP contribution in [0.25, 0.3) is 6.08 Å². The average Bonchev–Trinajstić information content (AvgIpc) is 3.11. The van der Waals surface area contributed by atoms with Gasteiger partial charge in [0.2, 0.25) is 0 Å². The Morgan fingerprint density at radius 1 is 1.00 bits per heavy atom. The standard InChI is InChI=1S/C14H10Br.C5H5.2ClH.Zr/c1-9-6-11-8-10-4-2-3-5-12(10)14(15)13(11)7-9;1-2-4-5-3-1;;;/h2-5,7-8,14H,1H3;1-5H;2*1H;/q2*-1;;;+4/p-2. The number of fused-ring (bicyclic) bond motifs is 2. The normalized spacial score (nSPS) is 16.4. The Morgan fingerprint density at radius 2 is 1.65 bits per heavy atom. The van der Waals surface area contributed by atoms with Gasteiger partial charge in [0.25, 0.3) is 0 Å². The van der Waals surface area contributed by atoms with Crippen LogP contribution in [0.15, 0.2) is 77.4 Å². The van der Waals surface area contributed by atoms with E-state index in [0.717, 1.165) is 0 Å². The molecule has 0 radical (unpaired) electrons. The van der Waals surface area contributed by atoms with Crippen molar-refractivity contribution >= 4 is 22.0 Å². The first-order valence-corrected chi connectivity index (χ1v) is 7.61. The Balaban J connectivity index is 0.000000529. The molecule has 2 aromatic carbocycles. The summed E-state index contributed by atoms with van der Waals surface area (Å²) in [4.78, 5) is 0.318. The van der Waals surface area contributed by atoms with E-state index in [9.17, 15) is 0 Å². The van der Waals surface area contributed by atoms with Gasteiger partial charge in [-0.25, -0.2) is 12.1 Å². The van der Waals surface area contributed by atoms with Gasteiger partial charge in [0.1, 0.15) is 0 Å². The van der Waals surface area contributed by atoms with Crippen LogP contribution in [0.5, 0.6) is 0 Å². The summed E-state index contributed by atoms with van der Waals surface area (Å²) in [5.41, 5.74) is 6.44. The number of alkyl halides is 1. The van der Waals surface area contributed by atoms with Gasteiger partial charge in [0.15, 0.2) is 0 Å². The van der Waals surface area contributed by atoms with Crippen LogP contribution in [0.4, 0.5) is 0 Å². The van der Waals surface area contributed by atoms with E-state index in [2.05, 4.69) is 65.3 Å². The molecule has 0 bridgehead atoms. The van der Waals surface area contributed by atoms with E-state index in [1.165, 1.54) is 27.8 Å². The van der Waals surface area contributed by atoms with Crippen molar-refractivity contribution in [2.75, 3.05) is 0 Å². The van der Waals surface area contributed by atoms with Crippen LogP contribution in [0.1, 0.15) is 22.9 Å². The maximum absolute atomic E-state index is 3.76. The van der Waals surface area contributed by atoms with Crippen LogP contribution >= 0.6 is 15.9 Å². The summed E-state index contributed by atoms with van der Waals surface area (Å²) in [6.45, 7) is 2.09. The van der Waals surface area contributed by atoms with Crippen molar-refractivity contribution < 1.29 is 51.0 Å². The van der Waals surface area contributed by atoms with E-state index in [-0.39, 0.29) is 51.0 Å². The molecule has 0 aliphatic heterocycles. The minimum atomic E-state index is 0. The molecule has 23 heavy (non-hydrogen) atoms. The number of benzene rings is 1. The van der Waals surface area contributed by atoms with Crippen molar-refractivity contribution in [3.05, 3.63) is 94.6 Å².